The molecule has 7 heteroatoms. The standard InChI is InChI=1S/C26H33NO5S/c1-5-25(28)30-16-15-27-26(29)32-23(18-33-24-9-7-6-8-10-24)17-31-22-13-11-21(12-14-22)20(4)19(2)3/h5-14,19-20,23H,1,15-18H2,2-4H3,(H,27,29). The fourth-order valence-corrected chi connectivity index (χ4v) is 3.71. The molecule has 6 nitrogen and oxygen atoms in total. The summed E-state index contributed by atoms with van der Waals surface area (Å²) in [6.07, 6.45) is 0.0101. The van der Waals surface area contributed by atoms with Crippen LogP contribution in [0.1, 0.15) is 32.3 Å². The van der Waals surface area contributed by atoms with Gasteiger partial charge in [-0.25, -0.2) is 9.59 Å². The molecule has 178 valence electrons. The Morgan fingerprint density at radius 2 is 1.76 bits per heavy atom. The van der Waals surface area contributed by atoms with Crippen molar-refractivity contribution < 1.29 is 23.8 Å². The Hall–Kier alpha value is -2.93. The molecule has 0 saturated heterocycles. The summed E-state index contributed by atoms with van der Waals surface area (Å²) in [5.41, 5.74) is 1.27. The van der Waals surface area contributed by atoms with E-state index in [1.165, 1.54) is 5.56 Å². The van der Waals surface area contributed by atoms with Crippen molar-refractivity contribution in [1.82, 2.24) is 5.32 Å². The summed E-state index contributed by atoms with van der Waals surface area (Å²) >= 11 is 1.59. The summed E-state index contributed by atoms with van der Waals surface area (Å²) in [4.78, 5) is 24.4. The lowest BCUT2D eigenvalue weighted by Gasteiger charge is -2.20. The molecule has 0 radical (unpaired) electrons. The van der Waals surface area contributed by atoms with Gasteiger partial charge in [-0.05, 0) is 41.7 Å². The van der Waals surface area contributed by atoms with Gasteiger partial charge in [0.25, 0.3) is 0 Å². The van der Waals surface area contributed by atoms with E-state index in [1.54, 1.807) is 11.8 Å². The number of carbonyl (C=O) groups excluding carboxylic acids is 2. The van der Waals surface area contributed by atoms with Gasteiger partial charge in [0.1, 0.15) is 25.1 Å². The second kappa shape index (κ2) is 14.3. The zero-order valence-electron chi connectivity index (χ0n) is 19.5. The SMILES string of the molecule is C=CC(=O)OCCNC(=O)OC(COc1ccc(C(C)C(C)C)cc1)CSc1ccccc1. The van der Waals surface area contributed by atoms with Gasteiger partial charge in [0, 0.05) is 16.7 Å². The van der Waals surface area contributed by atoms with E-state index < -0.39 is 18.2 Å². The third kappa shape index (κ3) is 10.0. The van der Waals surface area contributed by atoms with Crippen molar-refractivity contribution in [3.8, 4) is 5.75 Å². The number of alkyl carbamates (subject to hydrolysis) is 1. The van der Waals surface area contributed by atoms with E-state index in [2.05, 4.69) is 44.8 Å². The van der Waals surface area contributed by atoms with Crippen molar-refractivity contribution >= 4 is 23.8 Å². The summed E-state index contributed by atoms with van der Waals surface area (Å²) in [6, 6.07) is 17.9. The molecule has 0 spiro atoms. The molecule has 0 aromatic heterocycles. The molecule has 0 aliphatic rings. The van der Waals surface area contributed by atoms with Gasteiger partial charge in [0.05, 0.1) is 6.54 Å². The molecule has 2 rings (SSSR count). The molecule has 0 aliphatic heterocycles. The van der Waals surface area contributed by atoms with E-state index in [0.717, 1.165) is 16.7 Å². The molecule has 2 unspecified atom stereocenters. The van der Waals surface area contributed by atoms with Crippen molar-refractivity contribution in [2.45, 2.75) is 37.7 Å². The number of hydrogen-bond acceptors (Lipinski definition) is 6. The van der Waals surface area contributed by atoms with Crippen LogP contribution in [0.3, 0.4) is 0 Å². The third-order valence-corrected chi connectivity index (χ3v) is 6.22. The lowest BCUT2D eigenvalue weighted by atomic mass is 9.90. The van der Waals surface area contributed by atoms with Crippen molar-refractivity contribution in [2.24, 2.45) is 5.92 Å². The van der Waals surface area contributed by atoms with Crippen molar-refractivity contribution in [3.05, 3.63) is 72.8 Å². The Morgan fingerprint density at radius 1 is 1.06 bits per heavy atom. The molecule has 0 aliphatic carbocycles. The first kappa shape index (κ1) is 26.3. The van der Waals surface area contributed by atoms with Gasteiger partial charge in [0.2, 0.25) is 0 Å². The molecule has 0 saturated carbocycles. The predicted octanol–water partition coefficient (Wildman–Crippen LogP) is 5.44. The van der Waals surface area contributed by atoms with Gasteiger partial charge in [-0.2, -0.15) is 0 Å². The number of nitrogens with one attached hydrogen (secondary N) is 1. The third-order valence-electron chi connectivity index (χ3n) is 5.08. The molecule has 2 atom stereocenters. The van der Waals surface area contributed by atoms with Crippen LogP contribution in [-0.4, -0.2) is 43.7 Å². The Morgan fingerprint density at radius 3 is 2.39 bits per heavy atom. The van der Waals surface area contributed by atoms with Crippen molar-refractivity contribution in [3.63, 3.8) is 0 Å². The quantitative estimate of drug-likeness (QED) is 0.181. The van der Waals surface area contributed by atoms with Gasteiger partial charge < -0.3 is 19.5 Å². The normalized spacial score (nSPS) is 12.5. The minimum Gasteiger partial charge on any atom is -0.490 e. The molecule has 0 bridgehead atoms. The zero-order valence-corrected chi connectivity index (χ0v) is 20.3. The first-order chi connectivity index (χ1) is 15.9. The number of thioether (sulfide) groups is 1. The molecule has 33 heavy (non-hydrogen) atoms. The maximum absolute atomic E-state index is 12.2. The zero-order chi connectivity index (χ0) is 24.1. The van der Waals surface area contributed by atoms with Gasteiger partial charge >= 0.3 is 12.1 Å². The van der Waals surface area contributed by atoms with Crippen molar-refractivity contribution in [1.29, 1.82) is 0 Å². The van der Waals surface area contributed by atoms with Gasteiger partial charge in [-0.3, -0.25) is 0 Å². The lowest BCUT2D eigenvalue weighted by molar-refractivity contribution is -0.137. The van der Waals surface area contributed by atoms with E-state index >= 15 is 0 Å². The molecule has 2 aromatic carbocycles. The van der Waals surface area contributed by atoms with E-state index in [4.69, 9.17) is 14.2 Å². The topological polar surface area (TPSA) is 73.9 Å². The van der Waals surface area contributed by atoms with E-state index in [1.807, 2.05) is 42.5 Å². The first-order valence-electron chi connectivity index (χ1n) is 11.0. The Kier molecular flexibility index (Phi) is 11.4. The van der Waals surface area contributed by atoms with Crippen LogP contribution in [0, 0.1) is 5.92 Å². The number of carbonyl (C=O) groups is 2. The minimum absolute atomic E-state index is 0.0427. The van der Waals surface area contributed by atoms with Crippen LogP contribution in [0.25, 0.3) is 0 Å². The number of esters is 1. The van der Waals surface area contributed by atoms with Crippen LogP contribution in [0.15, 0.2) is 72.1 Å². The molecule has 2 aromatic rings. The fourth-order valence-electron chi connectivity index (χ4n) is 2.82. The van der Waals surface area contributed by atoms with E-state index in [-0.39, 0.29) is 19.8 Å². The second-order valence-corrected chi connectivity index (χ2v) is 8.96. The Bertz CT molecular complexity index is 870. The molecule has 1 amide bonds. The Balaban J connectivity index is 1.90. The van der Waals surface area contributed by atoms with E-state index in [0.29, 0.717) is 17.6 Å². The average Bonchev–Trinajstić information content (AvgIpc) is 2.83. The van der Waals surface area contributed by atoms with Gasteiger partial charge in [0.15, 0.2) is 0 Å². The van der Waals surface area contributed by atoms with Crippen molar-refractivity contribution in [2.75, 3.05) is 25.5 Å². The fraction of sp³-hybridized carbons (Fsp3) is 0.385. The van der Waals surface area contributed by atoms with Crippen LogP contribution >= 0.6 is 11.8 Å². The van der Waals surface area contributed by atoms with Crippen LogP contribution in [-0.2, 0) is 14.3 Å². The summed E-state index contributed by atoms with van der Waals surface area (Å²) in [5, 5.41) is 2.58. The number of hydrogen-bond donors (Lipinski definition) is 1. The summed E-state index contributed by atoms with van der Waals surface area (Å²) in [7, 11) is 0. The molecule has 1 N–H and O–H groups in total. The maximum Gasteiger partial charge on any atom is 0.407 e. The summed E-state index contributed by atoms with van der Waals surface area (Å²) in [6.45, 7) is 10.4. The van der Waals surface area contributed by atoms with Crippen LogP contribution in [0.2, 0.25) is 0 Å². The van der Waals surface area contributed by atoms with Crippen LogP contribution < -0.4 is 10.1 Å². The number of amides is 1. The highest BCUT2D eigenvalue weighted by Crippen LogP contribution is 2.26. The lowest BCUT2D eigenvalue weighted by Crippen LogP contribution is -2.35. The highest BCUT2D eigenvalue weighted by Gasteiger charge is 2.17. The number of rotatable bonds is 13. The molecular formula is C26H33NO5S. The average molecular weight is 472 g/mol. The molecular weight excluding hydrogens is 438 g/mol. The van der Waals surface area contributed by atoms with E-state index in [9.17, 15) is 9.59 Å². The van der Waals surface area contributed by atoms with Crippen LogP contribution in [0.5, 0.6) is 5.75 Å². The maximum atomic E-state index is 12.2. The first-order valence-corrected chi connectivity index (χ1v) is 12.0. The smallest absolute Gasteiger partial charge is 0.407 e. The van der Waals surface area contributed by atoms with Gasteiger partial charge in [-0.1, -0.05) is 57.7 Å². The molecule has 0 heterocycles. The van der Waals surface area contributed by atoms with Crippen LogP contribution in [0.4, 0.5) is 4.79 Å². The Labute approximate surface area is 200 Å². The number of ether oxygens (including phenoxy) is 3. The van der Waals surface area contributed by atoms with Gasteiger partial charge in [-0.15, -0.1) is 11.8 Å². The highest BCUT2D eigenvalue weighted by molar-refractivity contribution is 7.99. The summed E-state index contributed by atoms with van der Waals surface area (Å²) < 4.78 is 16.3. The molecule has 0 fully saturated rings. The summed E-state index contributed by atoms with van der Waals surface area (Å²) in [5.74, 6) is 1.75. The second-order valence-electron chi connectivity index (χ2n) is 7.86. The monoisotopic (exact) mass is 471 g/mol. The highest BCUT2D eigenvalue weighted by atomic mass is 32.2. The number of benzene rings is 2. The predicted molar refractivity (Wildman–Crippen MR) is 132 cm³/mol. The minimum atomic E-state index is -0.590. The largest absolute Gasteiger partial charge is 0.490 e.